The first-order chi connectivity index (χ1) is 11.0. The van der Waals surface area contributed by atoms with Crippen molar-refractivity contribution in [3.63, 3.8) is 0 Å². The van der Waals surface area contributed by atoms with Gasteiger partial charge in [0.15, 0.2) is 4.34 Å². The zero-order valence-electron chi connectivity index (χ0n) is 13.7. The van der Waals surface area contributed by atoms with Gasteiger partial charge >= 0.3 is 0 Å². The minimum absolute atomic E-state index is 0.00271. The summed E-state index contributed by atoms with van der Waals surface area (Å²) in [6, 6.07) is -0.0985. The molecule has 0 aliphatic carbocycles. The average Bonchev–Trinajstić information content (AvgIpc) is 2.92. The fourth-order valence-corrected chi connectivity index (χ4v) is 3.73. The first kappa shape index (κ1) is 18.4. The number of aryl methyl sites for hydroxylation is 1. The molecule has 8 heteroatoms. The molecule has 0 bridgehead atoms. The number of hydrogen-bond donors (Lipinski definition) is 1. The lowest BCUT2D eigenvalue weighted by atomic mass is 10.1. The van der Waals surface area contributed by atoms with Gasteiger partial charge in [-0.15, -0.1) is 10.2 Å². The molecule has 1 aromatic heterocycles. The third-order valence-corrected chi connectivity index (χ3v) is 5.25. The number of amides is 1. The van der Waals surface area contributed by atoms with Gasteiger partial charge in [0.25, 0.3) is 0 Å². The average molecular weight is 358 g/mol. The van der Waals surface area contributed by atoms with Crippen LogP contribution in [0.2, 0.25) is 0 Å². The van der Waals surface area contributed by atoms with E-state index in [0.29, 0.717) is 25.6 Å². The number of carbonyl (C=O) groups excluding carboxylic acids is 1. The molecule has 1 aliphatic heterocycles. The van der Waals surface area contributed by atoms with E-state index in [-0.39, 0.29) is 18.1 Å². The molecule has 1 amide bonds. The highest BCUT2D eigenvalue weighted by molar-refractivity contribution is 8.01. The van der Waals surface area contributed by atoms with Crippen molar-refractivity contribution in [3.05, 3.63) is 16.7 Å². The molecule has 0 saturated carbocycles. The largest absolute Gasteiger partial charge is 0.379 e. The molecule has 1 N–H and O–H groups in total. The van der Waals surface area contributed by atoms with Crippen LogP contribution in [0.4, 0.5) is 0 Å². The van der Waals surface area contributed by atoms with E-state index < -0.39 is 0 Å². The molecule has 6 nitrogen and oxygen atoms in total. The topological polar surface area (TPSA) is 73.3 Å². The Hall–Kier alpha value is -0.960. The van der Waals surface area contributed by atoms with Crippen LogP contribution in [0.3, 0.4) is 0 Å². The molecular formula is C15H23N3O3S2. The molecule has 2 heterocycles. The summed E-state index contributed by atoms with van der Waals surface area (Å²) < 4.78 is 12.2. The van der Waals surface area contributed by atoms with E-state index in [4.69, 9.17) is 9.47 Å². The number of nitrogens with zero attached hydrogens (tertiary/aromatic N) is 2. The van der Waals surface area contributed by atoms with Crippen LogP contribution in [0, 0.1) is 6.92 Å². The van der Waals surface area contributed by atoms with Crippen molar-refractivity contribution in [2.24, 2.45) is 0 Å². The van der Waals surface area contributed by atoms with Gasteiger partial charge in [-0.25, -0.2) is 0 Å². The van der Waals surface area contributed by atoms with Gasteiger partial charge in [-0.2, -0.15) is 0 Å². The van der Waals surface area contributed by atoms with Crippen molar-refractivity contribution in [3.8, 4) is 0 Å². The van der Waals surface area contributed by atoms with Crippen LogP contribution in [0.15, 0.2) is 16.0 Å². The van der Waals surface area contributed by atoms with Crippen LogP contribution in [0.5, 0.6) is 0 Å². The lowest BCUT2D eigenvalue weighted by Crippen LogP contribution is -2.51. The molecule has 1 aliphatic rings. The molecule has 2 rings (SSSR count). The van der Waals surface area contributed by atoms with E-state index in [9.17, 15) is 4.79 Å². The summed E-state index contributed by atoms with van der Waals surface area (Å²) in [5, 5.41) is 11.9. The molecule has 0 unspecified atom stereocenters. The highest BCUT2D eigenvalue weighted by atomic mass is 32.2. The highest BCUT2D eigenvalue weighted by Crippen LogP contribution is 2.21. The summed E-state index contributed by atoms with van der Waals surface area (Å²) >= 11 is 2.90. The van der Waals surface area contributed by atoms with Gasteiger partial charge in [0.1, 0.15) is 5.01 Å². The quantitative estimate of drug-likeness (QED) is 0.596. The molecule has 1 saturated heterocycles. The Morgan fingerprint density at radius 3 is 3.04 bits per heavy atom. The Morgan fingerprint density at radius 1 is 1.52 bits per heavy atom. The third kappa shape index (κ3) is 6.58. The van der Waals surface area contributed by atoms with Gasteiger partial charge in [0.05, 0.1) is 31.1 Å². The number of rotatable bonds is 7. The SMILES string of the molecule is CC(C)=CCO[C@@H]1CCOC[C@@H]1NC(=O)CSc1nnc(C)s1. The maximum atomic E-state index is 12.1. The Morgan fingerprint density at radius 2 is 2.35 bits per heavy atom. The Kier molecular flexibility index (Phi) is 7.48. The minimum atomic E-state index is -0.0985. The normalized spacial score (nSPS) is 21.0. The van der Waals surface area contributed by atoms with Gasteiger partial charge in [0, 0.05) is 6.61 Å². The van der Waals surface area contributed by atoms with Crippen molar-refractivity contribution in [2.75, 3.05) is 25.6 Å². The zero-order chi connectivity index (χ0) is 16.7. The van der Waals surface area contributed by atoms with Gasteiger partial charge in [0.2, 0.25) is 5.91 Å². The number of hydrogen-bond acceptors (Lipinski definition) is 7. The number of aromatic nitrogens is 2. The van der Waals surface area contributed by atoms with Crippen molar-refractivity contribution in [2.45, 2.75) is 43.7 Å². The lowest BCUT2D eigenvalue weighted by molar-refractivity contribution is -0.123. The number of carbonyl (C=O) groups is 1. The Bertz CT molecular complexity index is 544. The number of thioether (sulfide) groups is 1. The first-order valence-corrected chi connectivity index (χ1v) is 9.40. The molecule has 0 spiro atoms. The van der Waals surface area contributed by atoms with Crippen LogP contribution in [0.25, 0.3) is 0 Å². The van der Waals surface area contributed by atoms with Crippen LogP contribution in [-0.4, -0.2) is 53.8 Å². The molecule has 1 aromatic rings. The molecule has 23 heavy (non-hydrogen) atoms. The van der Waals surface area contributed by atoms with E-state index in [1.165, 1.54) is 28.7 Å². The van der Waals surface area contributed by atoms with Crippen molar-refractivity contribution in [1.29, 1.82) is 0 Å². The second kappa shape index (κ2) is 9.36. The van der Waals surface area contributed by atoms with E-state index >= 15 is 0 Å². The van der Waals surface area contributed by atoms with Crippen LogP contribution < -0.4 is 5.32 Å². The first-order valence-electron chi connectivity index (χ1n) is 7.59. The number of ether oxygens (including phenoxy) is 2. The fourth-order valence-electron chi connectivity index (χ4n) is 2.10. The van der Waals surface area contributed by atoms with Gasteiger partial charge in [-0.05, 0) is 27.2 Å². The molecule has 2 atom stereocenters. The van der Waals surface area contributed by atoms with Crippen molar-refractivity contribution < 1.29 is 14.3 Å². The molecule has 0 aromatic carbocycles. The summed E-state index contributed by atoms with van der Waals surface area (Å²) in [7, 11) is 0. The predicted molar refractivity (Wildman–Crippen MR) is 91.9 cm³/mol. The Balaban J connectivity index is 1.78. The monoisotopic (exact) mass is 357 g/mol. The second-order valence-corrected chi connectivity index (χ2v) is 7.97. The molecular weight excluding hydrogens is 334 g/mol. The van der Waals surface area contributed by atoms with Gasteiger partial charge in [-0.1, -0.05) is 34.7 Å². The van der Waals surface area contributed by atoms with Gasteiger partial charge < -0.3 is 14.8 Å². The van der Waals surface area contributed by atoms with E-state index in [2.05, 4.69) is 15.5 Å². The smallest absolute Gasteiger partial charge is 0.230 e. The van der Waals surface area contributed by atoms with Gasteiger partial charge in [-0.3, -0.25) is 4.79 Å². The van der Waals surface area contributed by atoms with E-state index in [1.807, 2.05) is 26.8 Å². The fraction of sp³-hybridized carbons (Fsp3) is 0.667. The summed E-state index contributed by atoms with van der Waals surface area (Å²) in [6.45, 7) is 7.71. The Labute approximate surface area is 145 Å². The van der Waals surface area contributed by atoms with Crippen LogP contribution in [0.1, 0.15) is 25.3 Å². The second-order valence-electron chi connectivity index (χ2n) is 5.57. The minimum Gasteiger partial charge on any atom is -0.379 e. The third-order valence-electron chi connectivity index (χ3n) is 3.28. The maximum Gasteiger partial charge on any atom is 0.230 e. The van der Waals surface area contributed by atoms with Crippen molar-refractivity contribution in [1.82, 2.24) is 15.5 Å². The van der Waals surface area contributed by atoms with E-state index in [1.54, 1.807) is 0 Å². The lowest BCUT2D eigenvalue weighted by Gasteiger charge is -2.31. The number of allylic oxidation sites excluding steroid dienone is 1. The predicted octanol–water partition coefficient (Wildman–Crippen LogP) is 2.20. The van der Waals surface area contributed by atoms with Crippen LogP contribution in [-0.2, 0) is 14.3 Å². The summed E-state index contributed by atoms with van der Waals surface area (Å²) in [5.74, 6) is 0.292. The molecule has 1 fully saturated rings. The molecule has 0 radical (unpaired) electrons. The summed E-state index contributed by atoms with van der Waals surface area (Å²) in [4.78, 5) is 12.1. The number of nitrogens with one attached hydrogen (secondary N) is 1. The van der Waals surface area contributed by atoms with E-state index in [0.717, 1.165) is 15.8 Å². The zero-order valence-corrected chi connectivity index (χ0v) is 15.3. The maximum absolute atomic E-state index is 12.1. The standard InChI is InChI=1S/C15H23N3O3S2/c1-10(2)4-7-21-13-5-6-20-8-12(13)16-14(19)9-22-15-18-17-11(3)23-15/h4,12-13H,5-9H2,1-3H3,(H,16,19)/t12-,13+/m0/s1. The summed E-state index contributed by atoms with van der Waals surface area (Å²) in [6.07, 6.45) is 2.84. The van der Waals surface area contributed by atoms with Crippen molar-refractivity contribution >= 4 is 29.0 Å². The summed E-state index contributed by atoms with van der Waals surface area (Å²) in [5.41, 5.74) is 1.22. The highest BCUT2D eigenvalue weighted by Gasteiger charge is 2.27. The van der Waals surface area contributed by atoms with Crippen LogP contribution >= 0.6 is 23.1 Å². The molecule has 128 valence electrons.